The van der Waals surface area contributed by atoms with Gasteiger partial charge in [0, 0.05) is 6.42 Å². The van der Waals surface area contributed by atoms with Crippen LogP contribution in [0.5, 0.6) is 0 Å². The van der Waals surface area contributed by atoms with E-state index in [9.17, 15) is 0 Å². The van der Waals surface area contributed by atoms with Crippen LogP contribution >= 0.6 is 22.9 Å². The van der Waals surface area contributed by atoms with E-state index in [4.69, 9.17) is 16.1 Å². The lowest BCUT2D eigenvalue weighted by atomic mass is 10.3. The van der Waals surface area contributed by atoms with Crippen molar-refractivity contribution in [2.75, 3.05) is 13.6 Å². The minimum absolute atomic E-state index is 0.622. The first-order valence-electron chi connectivity index (χ1n) is 5.02. The third-order valence-electron chi connectivity index (χ3n) is 2.08. The van der Waals surface area contributed by atoms with Gasteiger partial charge in [-0.3, -0.25) is 0 Å². The molecule has 2 aromatic heterocycles. The Kier molecular flexibility index (Phi) is 3.93. The Morgan fingerprint density at radius 3 is 3.06 bits per heavy atom. The van der Waals surface area contributed by atoms with E-state index in [-0.39, 0.29) is 0 Å². The highest BCUT2D eigenvalue weighted by atomic mass is 35.5. The number of aryl methyl sites for hydroxylation is 1. The van der Waals surface area contributed by atoms with E-state index in [0.29, 0.717) is 11.7 Å². The molecule has 0 radical (unpaired) electrons. The molecule has 0 atom stereocenters. The number of hydrogen-bond donors (Lipinski definition) is 1. The highest BCUT2D eigenvalue weighted by Crippen LogP contribution is 2.28. The van der Waals surface area contributed by atoms with Gasteiger partial charge in [-0.2, -0.15) is 4.98 Å². The zero-order valence-electron chi connectivity index (χ0n) is 8.86. The van der Waals surface area contributed by atoms with Gasteiger partial charge in [0.05, 0.1) is 9.21 Å². The molecule has 2 heterocycles. The lowest BCUT2D eigenvalue weighted by Crippen LogP contribution is -2.08. The maximum Gasteiger partial charge on any atom is 0.227 e. The quantitative estimate of drug-likeness (QED) is 0.837. The molecule has 2 aromatic rings. The minimum atomic E-state index is 0.622. The van der Waals surface area contributed by atoms with Crippen molar-refractivity contribution in [3.05, 3.63) is 22.4 Å². The molecule has 0 aliphatic carbocycles. The maximum absolute atomic E-state index is 5.84. The van der Waals surface area contributed by atoms with Crippen LogP contribution in [0.4, 0.5) is 0 Å². The van der Waals surface area contributed by atoms with Crippen molar-refractivity contribution in [3.8, 4) is 10.7 Å². The van der Waals surface area contributed by atoms with Crippen molar-refractivity contribution >= 4 is 22.9 Å². The molecule has 0 fully saturated rings. The molecular formula is C10H12ClN3OS. The lowest BCUT2D eigenvalue weighted by molar-refractivity contribution is 0.375. The first-order valence-corrected chi connectivity index (χ1v) is 6.22. The lowest BCUT2D eigenvalue weighted by Gasteiger charge is -1.93. The van der Waals surface area contributed by atoms with E-state index >= 15 is 0 Å². The molecule has 16 heavy (non-hydrogen) atoms. The van der Waals surface area contributed by atoms with Crippen LogP contribution in [-0.4, -0.2) is 23.7 Å². The molecule has 2 rings (SSSR count). The van der Waals surface area contributed by atoms with E-state index < -0.39 is 0 Å². The second-order valence-corrected chi connectivity index (χ2v) is 5.04. The molecule has 86 valence electrons. The number of aromatic nitrogens is 2. The van der Waals surface area contributed by atoms with Gasteiger partial charge in [0.1, 0.15) is 0 Å². The van der Waals surface area contributed by atoms with Crippen LogP contribution < -0.4 is 5.32 Å². The Labute approximate surface area is 103 Å². The Bertz CT molecular complexity index is 454. The van der Waals surface area contributed by atoms with Crippen molar-refractivity contribution in [3.63, 3.8) is 0 Å². The van der Waals surface area contributed by atoms with Crippen molar-refractivity contribution in [2.45, 2.75) is 12.8 Å². The Balaban J connectivity index is 2.02. The van der Waals surface area contributed by atoms with Crippen LogP contribution in [0.25, 0.3) is 10.7 Å². The van der Waals surface area contributed by atoms with Crippen molar-refractivity contribution in [1.82, 2.24) is 15.5 Å². The SMILES string of the molecule is CNCCCc1nc(-c2ccc(Cl)s2)no1. The first-order chi connectivity index (χ1) is 7.79. The molecule has 1 N–H and O–H groups in total. The highest BCUT2D eigenvalue weighted by Gasteiger charge is 2.10. The Morgan fingerprint density at radius 1 is 1.50 bits per heavy atom. The monoisotopic (exact) mass is 257 g/mol. The Hall–Kier alpha value is -0.910. The molecule has 0 amide bonds. The summed E-state index contributed by atoms with van der Waals surface area (Å²) >= 11 is 7.29. The van der Waals surface area contributed by atoms with Gasteiger partial charge in [0.15, 0.2) is 0 Å². The smallest absolute Gasteiger partial charge is 0.227 e. The zero-order chi connectivity index (χ0) is 11.4. The van der Waals surface area contributed by atoms with Gasteiger partial charge >= 0.3 is 0 Å². The molecule has 0 bridgehead atoms. The molecule has 0 aliphatic heterocycles. The van der Waals surface area contributed by atoms with Gasteiger partial charge in [0.25, 0.3) is 0 Å². The van der Waals surface area contributed by atoms with Crippen LogP contribution in [0.3, 0.4) is 0 Å². The van der Waals surface area contributed by atoms with Crippen LogP contribution in [0, 0.1) is 0 Å². The molecule has 0 saturated carbocycles. The summed E-state index contributed by atoms with van der Waals surface area (Å²) < 4.78 is 5.88. The average Bonchev–Trinajstić information content (AvgIpc) is 2.87. The fourth-order valence-electron chi connectivity index (χ4n) is 1.31. The number of hydrogen-bond acceptors (Lipinski definition) is 5. The summed E-state index contributed by atoms with van der Waals surface area (Å²) in [6.45, 7) is 0.947. The van der Waals surface area contributed by atoms with E-state index in [2.05, 4.69) is 15.5 Å². The number of nitrogens with one attached hydrogen (secondary N) is 1. The van der Waals surface area contributed by atoms with Gasteiger partial charge in [0.2, 0.25) is 11.7 Å². The van der Waals surface area contributed by atoms with Crippen molar-refractivity contribution < 1.29 is 4.52 Å². The minimum Gasteiger partial charge on any atom is -0.339 e. The second-order valence-electron chi connectivity index (χ2n) is 3.32. The molecule has 0 saturated heterocycles. The van der Waals surface area contributed by atoms with Gasteiger partial charge in [-0.1, -0.05) is 16.8 Å². The summed E-state index contributed by atoms with van der Waals surface area (Å²) in [5, 5.41) is 7.00. The molecule has 0 spiro atoms. The topological polar surface area (TPSA) is 51.0 Å². The predicted molar refractivity (Wildman–Crippen MR) is 64.9 cm³/mol. The summed E-state index contributed by atoms with van der Waals surface area (Å²) in [5.41, 5.74) is 0. The number of halogens is 1. The number of thiophene rings is 1. The van der Waals surface area contributed by atoms with E-state index in [1.165, 1.54) is 11.3 Å². The summed E-state index contributed by atoms with van der Waals surface area (Å²) in [7, 11) is 1.92. The standard InChI is InChI=1S/C10H12ClN3OS/c1-12-6-2-3-9-13-10(14-15-9)7-4-5-8(11)16-7/h4-5,12H,2-3,6H2,1H3. The zero-order valence-corrected chi connectivity index (χ0v) is 10.4. The highest BCUT2D eigenvalue weighted by molar-refractivity contribution is 7.19. The summed E-state index contributed by atoms with van der Waals surface area (Å²) in [4.78, 5) is 5.25. The molecule has 4 nitrogen and oxygen atoms in total. The van der Waals surface area contributed by atoms with Crippen LogP contribution in [0.15, 0.2) is 16.7 Å². The fraction of sp³-hybridized carbons (Fsp3) is 0.400. The molecule has 0 unspecified atom stereocenters. The van der Waals surface area contributed by atoms with Gasteiger partial charge in [-0.15, -0.1) is 11.3 Å². The van der Waals surface area contributed by atoms with Gasteiger partial charge in [-0.05, 0) is 32.1 Å². The average molecular weight is 258 g/mol. The molecular weight excluding hydrogens is 246 g/mol. The third-order valence-corrected chi connectivity index (χ3v) is 3.31. The maximum atomic E-state index is 5.84. The summed E-state index contributed by atoms with van der Waals surface area (Å²) in [6, 6.07) is 3.73. The van der Waals surface area contributed by atoms with Crippen molar-refractivity contribution in [2.24, 2.45) is 0 Å². The second kappa shape index (κ2) is 5.43. The number of rotatable bonds is 5. The normalized spacial score (nSPS) is 10.9. The molecule has 6 heteroatoms. The summed E-state index contributed by atoms with van der Waals surface area (Å²) in [6.07, 6.45) is 1.79. The van der Waals surface area contributed by atoms with Gasteiger partial charge in [-0.25, -0.2) is 0 Å². The van der Waals surface area contributed by atoms with Crippen LogP contribution in [-0.2, 0) is 6.42 Å². The largest absolute Gasteiger partial charge is 0.339 e. The van der Waals surface area contributed by atoms with Crippen LogP contribution in [0.1, 0.15) is 12.3 Å². The summed E-state index contributed by atoms with van der Waals surface area (Å²) in [5.74, 6) is 1.30. The Morgan fingerprint density at radius 2 is 2.38 bits per heavy atom. The predicted octanol–water partition coefficient (Wildman–Crippen LogP) is 2.60. The third kappa shape index (κ3) is 2.81. The molecule has 0 aromatic carbocycles. The van der Waals surface area contributed by atoms with Gasteiger partial charge < -0.3 is 9.84 Å². The van der Waals surface area contributed by atoms with E-state index in [1.807, 2.05) is 19.2 Å². The fourth-order valence-corrected chi connectivity index (χ4v) is 2.28. The van der Waals surface area contributed by atoms with E-state index in [0.717, 1.165) is 28.6 Å². The van der Waals surface area contributed by atoms with Crippen LogP contribution in [0.2, 0.25) is 4.34 Å². The van der Waals surface area contributed by atoms with Crippen molar-refractivity contribution in [1.29, 1.82) is 0 Å². The first kappa shape index (κ1) is 11.6. The molecule has 0 aliphatic rings. The number of nitrogens with zero attached hydrogens (tertiary/aromatic N) is 2. The van der Waals surface area contributed by atoms with E-state index in [1.54, 1.807) is 0 Å².